The number of rotatable bonds is 3. The van der Waals surface area contributed by atoms with Gasteiger partial charge in [-0.15, -0.1) is 0 Å². The second kappa shape index (κ2) is 6.22. The third-order valence-corrected chi connectivity index (χ3v) is 5.57. The molecule has 1 heterocycles. The third kappa shape index (κ3) is 2.55. The summed E-state index contributed by atoms with van der Waals surface area (Å²) in [6, 6.07) is 13.7. The Balaban J connectivity index is 2.20. The first kappa shape index (κ1) is 15.8. The first-order valence-corrected chi connectivity index (χ1v) is 8.48. The van der Waals surface area contributed by atoms with Crippen LogP contribution in [0.15, 0.2) is 70.3 Å². The molecule has 0 radical (unpaired) electrons. The van der Waals surface area contributed by atoms with E-state index in [9.17, 15) is 13.2 Å². The summed E-state index contributed by atoms with van der Waals surface area (Å²) >= 11 is 0. The molecule has 0 aliphatic carbocycles. The zero-order valence-corrected chi connectivity index (χ0v) is 13.2. The monoisotopic (exact) mass is 340 g/mol. The highest BCUT2D eigenvalue weighted by Crippen LogP contribution is 2.38. The minimum atomic E-state index is -3.97. The third-order valence-electron chi connectivity index (χ3n) is 3.79. The van der Waals surface area contributed by atoms with Gasteiger partial charge in [0.2, 0.25) is 0 Å². The lowest BCUT2D eigenvalue weighted by Gasteiger charge is -2.33. The molecule has 0 amide bonds. The van der Waals surface area contributed by atoms with Crippen LogP contribution in [0.2, 0.25) is 0 Å². The predicted octanol–water partition coefficient (Wildman–Crippen LogP) is 2.96. The molecule has 2 aromatic carbocycles. The van der Waals surface area contributed by atoms with Crippen molar-refractivity contribution in [1.82, 2.24) is 4.31 Å². The van der Waals surface area contributed by atoms with Gasteiger partial charge < -0.3 is 0 Å². The molecule has 1 aliphatic heterocycles. The molecule has 1 aliphatic rings. The van der Waals surface area contributed by atoms with Crippen LogP contribution in [0.5, 0.6) is 0 Å². The van der Waals surface area contributed by atoms with E-state index >= 15 is 0 Å². The molecule has 1 atom stereocenters. The van der Waals surface area contributed by atoms with Gasteiger partial charge in [0.1, 0.15) is 17.7 Å². The number of carbonyl (C=O) groups excluding carboxylic acids is 1. The fourth-order valence-corrected chi connectivity index (χ4v) is 4.14. The molecular formula is C16H12N4O3S. The minimum absolute atomic E-state index is 0.0184. The summed E-state index contributed by atoms with van der Waals surface area (Å²) in [5, 5.41) is 3.61. The second-order valence-electron chi connectivity index (χ2n) is 5.12. The lowest BCUT2D eigenvalue weighted by Crippen LogP contribution is -2.36. The number of sulfonamides is 1. The number of azide groups is 1. The van der Waals surface area contributed by atoms with Crippen LogP contribution in [0.3, 0.4) is 0 Å². The highest BCUT2D eigenvalue weighted by molar-refractivity contribution is 7.89. The molecule has 0 N–H and O–H groups in total. The van der Waals surface area contributed by atoms with E-state index in [1.54, 1.807) is 48.4 Å². The number of benzene rings is 2. The fraction of sp³-hybridized carbons (Fsp3) is 0.125. The minimum Gasteiger partial charge on any atom is -0.254 e. The van der Waals surface area contributed by atoms with Gasteiger partial charge in [-0.2, -0.15) is 0 Å². The summed E-state index contributed by atoms with van der Waals surface area (Å²) in [6.07, 6.45) is 0. The zero-order chi connectivity index (χ0) is 17.2. The average molecular weight is 340 g/mol. The number of hydrogen-bond donors (Lipinski definition) is 0. The molecule has 1 unspecified atom stereocenters. The van der Waals surface area contributed by atoms with Gasteiger partial charge >= 0.3 is 0 Å². The summed E-state index contributed by atoms with van der Waals surface area (Å²) in [5.41, 5.74) is 9.88. The Bertz CT molecular complexity index is 975. The van der Waals surface area contributed by atoms with Gasteiger partial charge in [-0.25, -0.2) is 13.2 Å². The summed E-state index contributed by atoms with van der Waals surface area (Å²) in [5.74, 6) is 1.65. The Hall–Kier alpha value is -3.05. The quantitative estimate of drug-likeness (QED) is 0.371. The van der Waals surface area contributed by atoms with E-state index in [2.05, 4.69) is 10.0 Å². The fourth-order valence-electron chi connectivity index (χ4n) is 2.68. The van der Waals surface area contributed by atoms with Crippen molar-refractivity contribution in [1.29, 1.82) is 0 Å². The Morgan fingerprint density at radius 1 is 1.12 bits per heavy atom. The van der Waals surface area contributed by atoms with Crippen LogP contribution < -0.4 is 0 Å². The van der Waals surface area contributed by atoms with Crippen LogP contribution in [-0.2, 0) is 21.4 Å². The molecule has 7 nitrogen and oxygen atoms in total. The maximum Gasteiger partial charge on any atom is 0.264 e. The van der Waals surface area contributed by atoms with Gasteiger partial charge in [-0.3, -0.25) is 4.31 Å². The van der Waals surface area contributed by atoms with Crippen LogP contribution in [0.25, 0.3) is 10.4 Å². The highest BCUT2D eigenvalue weighted by atomic mass is 32.2. The number of nitrogens with zero attached hydrogens (tertiary/aromatic N) is 4. The van der Waals surface area contributed by atoms with Gasteiger partial charge in [-0.05, 0) is 28.8 Å². The van der Waals surface area contributed by atoms with Crippen molar-refractivity contribution in [2.45, 2.75) is 17.5 Å². The highest BCUT2D eigenvalue weighted by Gasteiger charge is 2.37. The smallest absolute Gasteiger partial charge is 0.254 e. The van der Waals surface area contributed by atoms with E-state index in [0.717, 1.165) is 4.31 Å². The Kier molecular flexibility index (Phi) is 4.10. The molecule has 0 saturated heterocycles. The van der Waals surface area contributed by atoms with Crippen molar-refractivity contribution in [2.24, 2.45) is 5.11 Å². The van der Waals surface area contributed by atoms with E-state index in [-0.39, 0.29) is 17.1 Å². The maximum atomic E-state index is 12.9. The van der Waals surface area contributed by atoms with E-state index < -0.39 is 16.1 Å². The molecule has 0 bridgehead atoms. The summed E-state index contributed by atoms with van der Waals surface area (Å²) in [7, 11) is -3.97. The number of hydrogen-bond acceptors (Lipinski definition) is 4. The topological polar surface area (TPSA) is 103 Å². The lowest BCUT2D eigenvalue weighted by atomic mass is 9.95. The summed E-state index contributed by atoms with van der Waals surface area (Å²) in [6.45, 7) is -0.0184. The Morgan fingerprint density at radius 2 is 1.79 bits per heavy atom. The van der Waals surface area contributed by atoms with Crippen LogP contribution in [0.4, 0.5) is 0 Å². The molecule has 0 saturated carbocycles. The van der Waals surface area contributed by atoms with Crippen LogP contribution in [-0.4, -0.2) is 18.7 Å². The summed E-state index contributed by atoms with van der Waals surface area (Å²) in [4.78, 5) is 14.3. The molecule has 0 fully saturated rings. The molecule has 8 heteroatoms. The largest absolute Gasteiger partial charge is 0.264 e. The maximum absolute atomic E-state index is 12.9. The average Bonchev–Trinajstić information content (AvgIpc) is 2.62. The van der Waals surface area contributed by atoms with Crippen molar-refractivity contribution in [3.63, 3.8) is 0 Å². The predicted molar refractivity (Wildman–Crippen MR) is 86.7 cm³/mol. The lowest BCUT2D eigenvalue weighted by molar-refractivity contribution is 0.425. The molecule has 120 valence electrons. The van der Waals surface area contributed by atoms with Gasteiger partial charge in [0, 0.05) is 4.91 Å². The van der Waals surface area contributed by atoms with Crippen molar-refractivity contribution in [2.75, 3.05) is 0 Å². The second-order valence-corrected chi connectivity index (χ2v) is 6.98. The molecule has 0 aromatic heterocycles. The van der Waals surface area contributed by atoms with E-state index in [0.29, 0.717) is 11.1 Å². The van der Waals surface area contributed by atoms with Crippen molar-refractivity contribution in [3.8, 4) is 0 Å². The molecule has 3 rings (SSSR count). The normalized spacial score (nSPS) is 16.8. The van der Waals surface area contributed by atoms with Crippen LogP contribution in [0.1, 0.15) is 17.2 Å². The van der Waals surface area contributed by atoms with Crippen molar-refractivity contribution < 1.29 is 13.2 Å². The van der Waals surface area contributed by atoms with Gasteiger partial charge in [0.25, 0.3) is 10.0 Å². The van der Waals surface area contributed by atoms with Crippen LogP contribution >= 0.6 is 0 Å². The van der Waals surface area contributed by atoms with Gasteiger partial charge in [-0.1, -0.05) is 47.6 Å². The van der Waals surface area contributed by atoms with E-state index in [1.165, 1.54) is 12.1 Å². The first-order valence-electron chi connectivity index (χ1n) is 7.04. The Labute approximate surface area is 138 Å². The van der Waals surface area contributed by atoms with E-state index in [1.807, 2.05) is 0 Å². The first-order chi connectivity index (χ1) is 11.6. The van der Waals surface area contributed by atoms with E-state index in [4.69, 9.17) is 5.53 Å². The zero-order valence-electron chi connectivity index (χ0n) is 12.4. The molecular weight excluding hydrogens is 328 g/mol. The van der Waals surface area contributed by atoms with Crippen molar-refractivity contribution in [3.05, 3.63) is 81.9 Å². The van der Waals surface area contributed by atoms with Gasteiger partial charge in [0.15, 0.2) is 0 Å². The van der Waals surface area contributed by atoms with Crippen LogP contribution in [0, 0.1) is 0 Å². The molecule has 0 spiro atoms. The summed E-state index contributed by atoms with van der Waals surface area (Å²) < 4.78 is 26.8. The SMILES string of the molecule is [N-]=[N+]=NC1C(=C=O)N(S(=O)(=O)c2ccccc2)Cc2ccccc21. The van der Waals surface area contributed by atoms with Gasteiger partial charge in [0.05, 0.1) is 11.4 Å². The van der Waals surface area contributed by atoms with Crippen molar-refractivity contribution >= 4 is 16.0 Å². The molecule has 24 heavy (non-hydrogen) atoms. The molecule has 2 aromatic rings. The Morgan fingerprint density at radius 3 is 2.46 bits per heavy atom. The number of fused-ring (bicyclic) bond motifs is 1. The standard InChI is InChI=1S/C16H12N4O3S/c17-19-18-16-14-9-5-4-6-12(14)10-20(15(16)11-21)24(22,23)13-7-2-1-3-8-13/h1-9,16H,10H2.